The molecule has 1 aliphatic rings. The third kappa shape index (κ3) is 4.20. The van der Waals surface area contributed by atoms with Gasteiger partial charge >= 0.3 is 5.97 Å². The molecule has 1 aromatic heterocycles. The number of thiazole rings is 1. The van der Waals surface area contributed by atoms with Gasteiger partial charge in [-0.1, -0.05) is 84.2 Å². The molecule has 0 aliphatic carbocycles. The average Bonchev–Trinajstić information content (AvgIpc) is 3.09. The van der Waals surface area contributed by atoms with E-state index in [9.17, 15) is 9.59 Å². The zero-order valence-electron chi connectivity index (χ0n) is 17.3. The van der Waals surface area contributed by atoms with Gasteiger partial charge in [-0.2, -0.15) is 0 Å². The summed E-state index contributed by atoms with van der Waals surface area (Å²) in [5, 5.41) is 0. The summed E-state index contributed by atoms with van der Waals surface area (Å²) in [6.45, 7) is 3.81. The maximum absolute atomic E-state index is 13.3. The van der Waals surface area contributed by atoms with E-state index >= 15 is 0 Å². The van der Waals surface area contributed by atoms with Gasteiger partial charge in [-0.15, -0.1) is 0 Å². The maximum Gasteiger partial charge on any atom is 0.338 e. The second-order valence-electron chi connectivity index (χ2n) is 7.01. The number of ether oxygens (including phenoxy) is 1. The number of allylic oxidation sites excluding steroid dienone is 2. The minimum atomic E-state index is -0.572. The van der Waals surface area contributed by atoms with Gasteiger partial charge in [0.1, 0.15) is 0 Å². The van der Waals surface area contributed by atoms with Crippen LogP contribution in [0.1, 0.15) is 31.0 Å². The van der Waals surface area contributed by atoms with E-state index in [4.69, 9.17) is 4.74 Å². The lowest BCUT2D eigenvalue weighted by Gasteiger charge is -2.24. The summed E-state index contributed by atoms with van der Waals surface area (Å²) in [5.41, 5.74) is 2.68. The zero-order chi connectivity index (χ0) is 21.8. The topological polar surface area (TPSA) is 60.7 Å². The number of hydrogen-bond donors (Lipinski definition) is 0. The van der Waals surface area contributed by atoms with Crippen LogP contribution < -0.4 is 14.9 Å². The molecule has 1 aliphatic heterocycles. The molecule has 0 saturated carbocycles. The molecule has 0 N–H and O–H groups in total. The lowest BCUT2D eigenvalue weighted by molar-refractivity contribution is -0.139. The Bertz CT molecular complexity index is 1330. The van der Waals surface area contributed by atoms with Gasteiger partial charge < -0.3 is 4.74 Å². The molecule has 0 amide bonds. The Hall–Kier alpha value is -3.51. The van der Waals surface area contributed by atoms with Crippen molar-refractivity contribution in [1.82, 2.24) is 4.57 Å². The predicted octanol–water partition coefficient (Wildman–Crippen LogP) is 3.46. The Morgan fingerprint density at radius 2 is 1.81 bits per heavy atom. The van der Waals surface area contributed by atoms with Crippen LogP contribution in [0.15, 0.2) is 87.8 Å². The smallest absolute Gasteiger partial charge is 0.338 e. The molecule has 4 rings (SSSR count). The van der Waals surface area contributed by atoms with Gasteiger partial charge in [0, 0.05) is 0 Å². The van der Waals surface area contributed by atoms with Crippen molar-refractivity contribution >= 4 is 29.5 Å². The summed E-state index contributed by atoms with van der Waals surface area (Å²) in [4.78, 5) is 31.3. The first-order chi connectivity index (χ1) is 15.1. The van der Waals surface area contributed by atoms with Crippen molar-refractivity contribution in [3.8, 4) is 0 Å². The molecule has 31 heavy (non-hydrogen) atoms. The average molecular weight is 431 g/mol. The highest BCUT2D eigenvalue weighted by atomic mass is 32.1. The molecule has 0 spiro atoms. The van der Waals surface area contributed by atoms with Crippen LogP contribution in [-0.2, 0) is 9.53 Å². The minimum absolute atomic E-state index is 0.176. The summed E-state index contributed by atoms with van der Waals surface area (Å²) < 4.78 is 7.45. The predicted molar refractivity (Wildman–Crippen MR) is 123 cm³/mol. The molecule has 0 bridgehead atoms. The normalized spacial score (nSPS) is 16.3. The van der Waals surface area contributed by atoms with E-state index < -0.39 is 12.0 Å². The molecular weight excluding hydrogens is 408 g/mol. The van der Waals surface area contributed by atoms with Crippen LogP contribution in [0.2, 0.25) is 0 Å². The highest BCUT2D eigenvalue weighted by molar-refractivity contribution is 7.07. The van der Waals surface area contributed by atoms with Crippen LogP contribution in [0.5, 0.6) is 0 Å². The summed E-state index contributed by atoms with van der Waals surface area (Å²) in [6, 6.07) is 18.8. The quantitative estimate of drug-likeness (QED) is 0.583. The third-order valence-electron chi connectivity index (χ3n) is 4.97. The molecule has 0 fully saturated rings. The summed E-state index contributed by atoms with van der Waals surface area (Å²) in [7, 11) is 0. The number of aromatic nitrogens is 1. The van der Waals surface area contributed by atoms with Gasteiger partial charge in [-0.25, -0.2) is 9.79 Å². The summed E-state index contributed by atoms with van der Waals surface area (Å²) in [6.07, 6.45) is 5.60. The fraction of sp³-hybridized carbons (Fsp3) is 0.160. The van der Waals surface area contributed by atoms with Gasteiger partial charge in [0.15, 0.2) is 4.80 Å². The van der Waals surface area contributed by atoms with E-state index in [0.717, 1.165) is 11.1 Å². The fourth-order valence-corrected chi connectivity index (χ4v) is 4.57. The largest absolute Gasteiger partial charge is 0.463 e. The number of fused-ring (bicyclic) bond motifs is 1. The van der Waals surface area contributed by atoms with Gasteiger partial charge in [0.05, 0.1) is 28.5 Å². The Kier molecular flexibility index (Phi) is 6.09. The molecule has 2 aromatic carbocycles. The van der Waals surface area contributed by atoms with Crippen molar-refractivity contribution in [2.75, 3.05) is 6.61 Å². The Balaban J connectivity index is 1.85. The third-order valence-corrected chi connectivity index (χ3v) is 5.97. The standard InChI is InChI=1S/C25H22N2O3S/c1-3-30-24(29)21-17(2)26-25-27(22(21)19-14-8-5-9-15-19)23(28)20(31-25)16-10-13-18-11-6-4-7-12-18/h4-16,22H,3H2,1-2H3/b13-10+,20-16?/t22-/m0/s1. The number of carbonyl (C=O) groups excluding carboxylic acids is 1. The molecule has 0 unspecified atom stereocenters. The Labute approximate surface area is 184 Å². The maximum atomic E-state index is 13.3. The van der Waals surface area contributed by atoms with Crippen molar-refractivity contribution in [1.29, 1.82) is 0 Å². The number of rotatable bonds is 5. The van der Waals surface area contributed by atoms with Gasteiger partial charge in [0.2, 0.25) is 0 Å². The Morgan fingerprint density at radius 3 is 2.48 bits per heavy atom. The van der Waals surface area contributed by atoms with Crippen molar-refractivity contribution in [3.63, 3.8) is 0 Å². The molecule has 1 atom stereocenters. The van der Waals surface area contributed by atoms with Crippen molar-refractivity contribution < 1.29 is 9.53 Å². The monoisotopic (exact) mass is 430 g/mol. The lowest BCUT2D eigenvalue weighted by atomic mass is 9.96. The fourth-order valence-electron chi connectivity index (χ4n) is 3.57. The first-order valence-corrected chi connectivity index (χ1v) is 10.9. The van der Waals surface area contributed by atoms with E-state index in [0.29, 0.717) is 20.6 Å². The van der Waals surface area contributed by atoms with E-state index in [1.807, 2.05) is 72.8 Å². The van der Waals surface area contributed by atoms with Crippen LogP contribution >= 0.6 is 11.3 Å². The zero-order valence-corrected chi connectivity index (χ0v) is 18.1. The molecule has 3 aromatic rings. The van der Waals surface area contributed by atoms with Crippen LogP contribution in [0.25, 0.3) is 12.2 Å². The number of nitrogens with zero attached hydrogens (tertiary/aromatic N) is 2. The Morgan fingerprint density at radius 1 is 1.13 bits per heavy atom. The first kappa shape index (κ1) is 20.8. The minimum Gasteiger partial charge on any atom is -0.463 e. The van der Waals surface area contributed by atoms with E-state index in [-0.39, 0.29) is 12.2 Å². The van der Waals surface area contributed by atoms with Crippen molar-refractivity contribution in [2.45, 2.75) is 19.9 Å². The van der Waals surface area contributed by atoms with Crippen molar-refractivity contribution in [2.24, 2.45) is 4.99 Å². The first-order valence-electron chi connectivity index (χ1n) is 10.1. The van der Waals surface area contributed by atoms with Gasteiger partial charge in [-0.3, -0.25) is 9.36 Å². The SMILES string of the molecule is CCOC(=O)C1=C(C)N=c2sc(=C/C=C/c3ccccc3)c(=O)n2[C@H]1c1ccccc1. The van der Waals surface area contributed by atoms with Gasteiger partial charge in [0.25, 0.3) is 5.56 Å². The van der Waals surface area contributed by atoms with Gasteiger partial charge in [-0.05, 0) is 31.1 Å². The summed E-state index contributed by atoms with van der Waals surface area (Å²) in [5.74, 6) is -0.448. The summed E-state index contributed by atoms with van der Waals surface area (Å²) >= 11 is 1.32. The van der Waals surface area contributed by atoms with Crippen molar-refractivity contribution in [3.05, 3.63) is 109 Å². The molecule has 5 nitrogen and oxygen atoms in total. The second kappa shape index (κ2) is 9.10. The lowest BCUT2D eigenvalue weighted by Crippen LogP contribution is -2.39. The van der Waals surface area contributed by atoms with E-state index in [2.05, 4.69) is 4.99 Å². The highest BCUT2D eigenvalue weighted by Crippen LogP contribution is 2.30. The molecule has 6 heteroatoms. The van der Waals surface area contributed by atoms with Crippen LogP contribution in [-0.4, -0.2) is 17.1 Å². The molecule has 2 heterocycles. The number of benzene rings is 2. The van der Waals surface area contributed by atoms with E-state index in [1.54, 1.807) is 24.5 Å². The van der Waals surface area contributed by atoms with Crippen LogP contribution in [0.4, 0.5) is 0 Å². The second-order valence-corrected chi connectivity index (χ2v) is 8.01. The molecule has 0 saturated heterocycles. The molecule has 0 radical (unpaired) electrons. The number of hydrogen-bond acceptors (Lipinski definition) is 5. The van der Waals surface area contributed by atoms with Crippen LogP contribution in [0, 0.1) is 0 Å². The number of esters is 1. The molecule has 156 valence electrons. The van der Waals surface area contributed by atoms with Crippen LogP contribution in [0.3, 0.4) is 0 Å². The number of carbonyl (C=O) groups is 1. The van der Waals surface area contributed by atoms with E-state index in [1.165, 1.54) is 11.3 Å². The highest BCUT2D eigenvalue weighted by Gasteiger charge is 2.33. The molecular formula is C25H22N2O3S.